The van der Waals surface area contributed by atoms with E-state index in [4.69, 9.17) is 33.7 Å². The first kappa shape index (κ1) is 28.6. The van der Waals surface area contributed by atoms with Gasteiger partial charge in [-0.3, -0.25) is 19.8 Å². The van der Waals surface area contributed by atoms with Gasteiger partial charge >= 0.3 is 5.69 Å². The standard InChI is InChI=1S/C26H31Cl2N7O4/c27-18-3-4-19(21(28)17-18)20-7-12-34(11-2-8-30-23-6-5-22(35(37)38)25(29)32-23)24(20)26(36)31-9-1-10-33-13-15-39-16-14-33/h3-7,12,17H,1-2,8-11,13-16H2,(H,31,36)(H3,29,30,32). The molecule has 0 atom stereocenters. The predicted molar refractivity (Wildman–Crippen MR) is 153 cm³/mol. The highest BCUT2D eigenvalue weighted by Crippen LogP contribution is 2.33. The van der Waals surface area contributed by atoms with Crippen LogP contribution in [0.25, 0.3) is 11.1 Å². The summed E-state index contributed by atoms with van der Waals surface area (Å²) in [6.07, 6.45) is 3.35. The van der Waals surface area contributed by atoms with Gasteiger partial charge in [-0.05, 0) is 43.7 Å². The second kappa shape index (κ2) is 13.6. The lowest BCUT2D eigenvalue weighted by Crippen LogP contribution is -2.38. The van der Waals surface area contributed by atoms with Crippen molar-refractivity contribution in [2.24, 2.45) is 0 Å². The van der Waals surface area contributed by atoms with Crippen LogP contribution in [0.2, 0.25) is 10.0 Å². The number of nitro groups is 1. The van der Waals surface area contributed by atoms with Crippen LogP contribution in [0, 0.1) is 10.1 Å². The van der Waals surface area contributed by atoms with E-state index in [1.807, 2.05) is 22.9 Å². The Morgan fingerprint density at radius 3 is 2.56 bits per heavy atom. The van der Waals surface area contributed by atoms with Gasteiger partial charge in [0.05, 0.1) is 18.1 Å². The van der Waals surface area contributed by atoms with Crippen molar-refractivity contribution in [1.29, 1.82) is 0 Å². The molecule has 0 saturated carbocycles. The smallest absolute Gasteiger partial charge is 0.311 e. The van der Waals surface area contributed by atoms with E-state index in [9.17, 15) is 14.9 Å². The van der Waals surface area contributed by atoms with E-state index in [-0.39, 0.29) is 17.4 Å². The molecule has 1 saturated heterocycles. The number of carbonyl (C=O) groups excluding carboxylic acids is 1. The lowest BCUT2D eigenvalue weighted by atomic mass is 10.1. The molecule has 0 unspecified atom stereocenters. The van der Waals surface area contributed by atoms with Gasteiger partial charge in [-0.15, -0.1) is 0 Å². The highest BCUT2D eigenvalue weighted by Gasteiger charge is 2.20. The van der Waals surface area contributed by atoms with Crippen molar-refractivity contribution in [3.63, 3.8) is 0 Å². The monoisotopic (exact) mass is 575 g/mol. The quantitative estimate of drug-likeness (QED) is 0.165. The Labute approximate surface area is 236 Å². The van der Waals surface area contributed by atoms with Crippen molar-refractivity contribution in [2.45, 2.75) is 19.4 Å². The molecule has 1 aromatic carbocycles. The van der Waals surface area contributed by atoms with E-state index in [0.29, 0.717) is 47.6 Å². The molecule has 1 aliphatic rings. The van der Waals surface area contributed by atoms with Crippen LogP contribution in [-0.4, -0.2) is 71.2 Å². The zero-order valence-electron chi connectivity index (χ0n) is 21.4. The number of amides is 1. The van der Waals surface area contributed by atoms with Gasteiger partial charge in [0.1, 0.15) is 11.5 Å². The Morgan fingerprint density at radius 1 is 1.08 bits per heavy atom. The number of aromatic nitrogens is 2. The van der Waals surface area contributed by atoms with E-state index in [0.717, 1.165) is 50.4 Å². The number of hydrogen-bond acceptors (Lipinski definition) is 8. The molecule has 39 heavy (non-hydrogen) atoms. The van der Waals surface area contributed by atoms with Crippen molar-refractivity contribution in [2.75, 3.05) is 57.0 Å². The lowest BCUT2D eigenvalue weighted by Gasteiger charge is -2.26. The first-order valence-electron chi connectivity index (χ1n) is 12.7. The maximum atomic E-state index is 13.4. The maximum Gasteiger partial charge on any atom is 0.311 e. The number of carbonyl (C=O) groups is 1. The Kier molecular flexibility index (Phi) is 9.99. The molecule has 1 amide bonds. The zero-order chi connectivity index (χ0) is 27.8. The summed E-state index contributed by atoms with van der Waals surface area (Å²) in [5, 5.41) is 18.1. The van der Waals surface area contributed by atoms with Gasteiger partial charge in [0.2, 0.25) is 5.82 Å². The van der Waals surface area contributed by atoms with Crippen LogP contribution in [-0.2, 0) is 11.3 Å². The number of nitrogens with zero attached hydrogens (tertiary/aromatic N) is 4. The fourth-order valence-electron chi connectivity index (χ4n) is 4.44. The molecule has 4 N–H and O–H groups in total. The fraction of sp³-hybridized carbons (Fsp3) is 0.385. The number of morpholine rings is 1. The minimum atomic E-state index is -0.572. The van der Waals surface area contributed by atoms with Crippen LogP contribution < -0.4 is 16.4 Å². The van der Waals surface area contributed by atoms with Crippen molar-refractivity contribution < 1.29 is 14.5 Å². The van der Waals surface area contributed by atoms with Crippen molar-refractivity contribution in [3.05, 3.63) is 68.4 Å². The summed E-state index contributed by atoms with van der Waals surface area (Å²) in [4.78, 5) is 30.1. The summed E-state index contributed by atoms with van der Waals surface area (Å²) in [5.41, 5.74) is 7.40. The third-order valence-corrected chi connectivity index (χ3v) is 6.97. The normalized spacial score (nSPS) is 13.8. The van der Waals surface area contributed by atoms with E-state index >= 15 is 0 Å². The molecule has 208 valence electrons. The van der Waals surface area contributed by atoms with Crippen LogP contribution in [0.4, 0.5) is 17.3 Å². The average molecular weight is 576 g/mol. The molecule has 11 nitrogen and oxygen atoms in total. The summed E-state index contributed by atoms with van der Waals surface area (Å²) < 4.78 is 7.29. The predicted octanol–water partition coefficient (Wildman–Crippen LogP) is 4.30. The largest absolute Gasteiger partial charge is 0.379 e. The SMILES string of the molecule is Nc1nc(NCCCn2ccc(-c3ccc(Cl)cc3Cl)c2C(=O)NCCCN2CCOCC2)ccc1[N+](=O)[O-]. The second-order valence-corrected chi connectivity index (χ2v) is 9.94. The van der Waals surface area contributed by atoms with Gasteiger partial charge in [-0.2, -0.15) is 0 Å². The Bertz CT molecular complexity index is 1310. The topological polar surface area (TPSA) is 141 Å². The van der Waals surface area contributed by atoms with Gasteiger partial charge in [0.15, 0.2) is 0 Å². The summed E-state index contributed by atoms with van der Waals surface area (Å²) in [6.45, 7) is 5.80. The van der Waals surface area contributed by atoms with Gasteiger partial charge < -0.3 is 25.7 Å². The molecule has 0 radical (unpaired) electrons. The number of nitrogens with one attached hydrogen (secondary N) is 2. The van der Waals surface area contributed by atoms with Crippen molar-refractivity contribution in [3.8, 4) is 11.1 Å². The van der Waals surface area contributed by atoms with Gasteiger partial charge in [0.25, 0.3) is 5.91 Å². The lowest BCUT2D eigenvalue weighted by molar-refractivity contribution is -0.384. The van der Waals surface area contributed by atoms with Crippen molar-refractivity contribution >= 4 is 46.4 Å². The molecule has 1 fully saturated rings. The molecule has 1 aliphatic heterocycles. The number of aryl methyl sites for hydroxylation is 1. The highest BCUT2D eigenvalue weighted by molar-refractivity contribution is 6.36. The summed E-state index contributed by atoms with van der Waals surface area (Å²) in [7, 11) is 0. The fourth-order valence-corrected chi connectivity index (χ4v) is 4.95. The second-order valence-electron chi connectivity index (χ2n) is 9.10. The highest BCUT2D eigenvalue weighted by atomic mass is 35.5. The molecular formula is C26H31Cl2N7O4. The minimum absolute atomic E-state index is 0.146. The first-order valence-corrected chi connectivity index (χ1v) is 13.5. The summed E-state index contributed by atoms with van der Waals surface area (Å²) >= 11 is 12.6. The van der Waals surface area contributed by atoms with Crippen molar-refractivity contribution in [1.82, 2.24) is 19.8 Å². The molecule has 13 heteroatoms. The number of halogens is 2. The Hall–Kier alpha value is -3.38. The Morgan fingerprint density at radius 2 is 1.85 bits per heavy atom. The molecule has 4 rings (SSSR count). The molecule has 3 aromatic rings. The minimum Gasteiger partial charge on any atom is -0.379 e. The first-order chi connectivity index (χ1) is 18.8. The summed E-state index contributed by atoms with van der Waals surface area (Å²) in [6, 6.07) is 9.93. The van der Waals surface area contributed by atoms with Crippen LogP contribution in [0.1, 0.15) is 23.3 Å². The van der Waals surface area contributed by atoms with E-state index < -0.39 is 4.92 Å². The molecule has 2 aromatic heterocycles. The number of nitrogen functional groups attached to an aromatic ring is 1. The van der Waals surface area contributed by atoms with E-state index in [1.165, 1.54) is 12.1 Å². The Balaban J connectivity index is 1.41. The molecular weight excluding hydrogens is 545 g/mol. The number of pyridine rings is 1. The zero-order valence-corrected chi connectivity index (χ0v) is 22.9. The van der Waals surface area contributed by atoms with Crippen LogP contribution >= 0.6 is 23.2 Å². The van der Waals surface area contributed by atoms with Crippen LogP contribution in [0.15, 0.2) is 42.6 Å². The number of hydrogen-bond donors (Lipinski definition) is 3. The van der Waals surface area contributed by atoms with Crippen LogP contribution in [0.3, 0.4) is 0 Å². The van der Waals surface area contributed by atoms with E-state index in [2.05, 4.69) is 20.5 Å². The van der Waals surface area contributed by atoms with E-state index in [1.54, 1.807) is 12.1 Å². The number of nitrogens with two attached hydrogens (primary N) is 1. The molecule has 0 aliphatic carbocycles. The molecule has 0 spiro atoms. The number of benzene rings is 1. The number of ether oxygens (including phenoxy) is 1. The third kappa shape index (κ3) is 7.60. The maximum absolute atomic E-state index is 13.4. The molecule has 3 heterocycles. The number of anilines is 2. The summed E-state index contributed by atoms with van der Waals surface area (Å²) in [5.74, 6) is 0.116. The third-order valence-electron chi connectivity index (χ3n) is 6.42. The molecule has 0 bridgehead atoms. The van der Waals surface area contributed by atoms with Gasteiger partial charge in [-0.25, -0.2) is 4.98 Å². The average Bonchev–Trinajstić information content (AvgIpc) is 3.33. The van der Waals surface area contributed by atoms with Crippen LogP contribution in [0.5, 0.6) is 0 Å². The van der Waals surface area contributed by atoms with Gasteiger partial charge in [0, 0.05) is 66.2 Å². The number of rotatable bonds is 12. The van der Waals surface area contributed by atoms with Gasteiger partial charge in [-0.1, -0.05) is 29.3 Å².